The Morgan fingerprint density at radius 1 is 1.14 bits per heavy atom. The van der Waals surface area contributed by atoms with Crippen LogP contribution in [0.25, 0.3) is 11.3 Å². The molecule has 1 aliphatic heterocycles. The summed E-state index contributed by atoms with van der Waals surface area (Å²) in [7, 11) is -2.87. The molecule has 0 bridgehead atoms. The first kappa shape index (κ1) is 32.2. The monoisotopic (exact) mass is 628 g/mol. The smallest absolute Gasteiger partial charge is 0.492 e. The topological polar surface area (TPSA) is 123 Å². The van der Waals surface area contributed by atoms with E-state index in [-0.39, 0.29) is 34.6 Å². The van der Waals surface area contributed by atoms with Gasteiger partial charge in [-0.15, -0.1) is 13.2 Å². The van der Waals surface area contributed by atoms with Gasteiger partial charge in [-0.2, -0.15) is 0 Å². The highest BCUT2D eigenvalue weighted by Crippen LogP contribution is 2.34. The highest BCUT2D eigenvalue weighted by molar-refractivity contribution is 7.90. The Balaban J connectivity index is 1.42. The van der Waals surface area contributed by atoms with Gasteiger partial charge in [-0.3, -0.25) is 4.74 Å². The molecule has 0 spiro atoms. The van der Waals surface area contributed by atoms with E-state index in [2.05, 4.69) is 19.9 Å². The standard InChI is InChI=1S/C28H32F4N4O6S/c1-3-40-23-9-4-18(16-24(23)43(38,39)35-27(37)33-2)10-13-36-14-11-20(12-15-36)26-34-22(17-41-28(30,31)32)25(42-26)19-5-7-21(29)8-6-19/h4-9,16,20H,3,10-15,17H2,1-2H3,(H2,33,35,37). The normalized spacial score (nSPS) is 14.9. The highest BCUT2D eigenvalue weighted by atomic mass is 32.2. The van der Waals surface area contributed by atoms with E-state index >= 15 is 0 Å². The number of carbonyl (C=O) groups excluding carboxylic acids is 1. The summed E-state index contributed by atoms with van der Waals surface area (Å²) in [6, 6.07) is 9.13. The molecule has 2 aromatic carbocycles. The van der Waals surface area contributed by atoms with Crippen molar-refractivity contribution >= 4 is 16.1 Å². The van der Waals surface area contributed by atoms with Crippen molar-refractivity contribution in [2.45, 2.75) is 50.0 Å². The number of nitrogens with zero attached hydrogens (tertiary/aromatic N) is 2. The Morgan fingerprint density at radius 3 is 2.47 bits per heavy atom. The molecule has 43 heavy (non-hydrogen) atoms. The number of halogens is 4. The van der Waals surface area contributed by atoms with Crippen LogP contribution in [0.5, 0.6) is 5.75 Å². The molecule has 0 radical (unpaired) electrons. The SMILES string of the molecule is CCOc1ccc(CCN2CCC(c3nc(COC(F)(F)F)c(-c4ccc(F)cc4)o3)CC2)cc1S(=O)(=O)NC(=O)NC. The van der Waals surface area contributed by atoms with Gasteiger partial charge in [-0.1, -0.05) is 6.07 Å². The van der Waals surface area contributed by atoms with Gasteiger partial charge in [-0.25, -0.2) is 27.3 Å². The second-order valence-corrected chi connectivity index (χ2v) is 11.5. The fraction of sp³-hybridized carbons (Fsp3) is 0.429. The fourth-order valence-corrected chi connectivity index (χ4v) is 5.89. The number of sulfonamides is 1. The number of carbonyl (C=O) groups is 1. The van der Waals surface area contributed by atoms with Crippen molar-refractivity contribution in [2.75, 3.05) is 33.3 Å². The molecule has 1 saturated heterocycles. The first-order valence-corrected chi connectivity index (χ1v) is 15.1. The highest BCUT2D eigenvalue weighted by Gasteiger charge is 2.32. The van der Waals surface area contributed by atoms with E-state index in [1.165, 1.54) is 37.4 Å². The van der Waals surface area contributed by atoms with E-state index in [4.69, 9.17) is 9.15 Å². The number of urea groups is 1. The predicted octanol–water partition coefficient (Wildman–Crippen LogP) is 4.96. The molecule has 0 unspecified atom stereocenters. The minimum absolute atomic E-state index is 0.0199. The molecule has 1 fully saturated rings. The van der Waals surface area contributed by atoms with Crippen LogP contribution in [0.3, 0.4) is 0 Å². The number of amides is 2. The van der Waals surface area contributed by atoms with Crippen LogP contribution in [0.2, 0.25) is 0 Å². The molecule has 2 amide bonds. The summed E-state index contributed by atoms with van der Waals surface area (Å²) < 4.78 is 94.5. The Labute approximate surface area is 246 Å². The number of ether oxygens (including phenoxy) is 2. The molecular weight excluding hydrogens is 596 g/mol. The van der Waals surface area contributed by atoms with E-state index in [1.54, 1.807) is 19.1 Å². The summed E-state index contributed by atoms with van der Waals surface area (Å²) in [4.78, 5) is 18.0. The predicted molar refractivity (Wildman–Crippen MR) is 147 cm³/mol. The van der Waals surface area contributed by atoms with E-state index < -0.39 is 34.8 Å². The summed E-state index contributed by atoms with van der Waals surface area (Å²) in [5.74, 6) is -0.103. The lowest BCUT2D eigenvalue weighted by Gasteiger charge is -2.30. The van der Waals surface area contributed by atoms with Crippen molar-refractivity contribution < 1.29 is 44.7 Å². The Morgan fingerprint density at radius 2 is 1.84 bits per heavy atom. The van der Waals surface area contributed by atoms with Crippen LogP contribution in [0.4, 0.5) is 22.4 Å². The number of oxazole rings is 1. The molecule has 2 heterocycles. The molecule has 0 saturated carbocycles. The molecule has 234 valence electrons. The van der Waals surface area contributed by atoms with Gasteiger partial charge in [0.1, 0.15) is 28.8 Å². The van der Waals surface area contributed by atoms with Crippen molar-refractivity contribution in [3.05, 3.63) is 65.4 Å². The number of hydrogen-bond donors (Lipinski definition) is 2. The van der Waals surface area contributed by atoms with Gasteiger partial charge >= 0.3 is 12.4 Å². The number of nitrogens with one attached hydrogen (secondary N) is 2. The zero-order chi connectivity index (χ0) is 31.2. The molecule has 1 aromatic heterocycles. The molecular formula is C28H32F4N4O6S. The molecule has 2 N–H and O–H groups in total. The summed E-state index contributed by atoms with van der Waals surface area (Å²) in [5.41, 5.74) is 1.10. The Hall–Kier alpha value is -3.69. The summed E-state index contributed by atoms with van der Waals surface area (Å²) in [6.07, 6.45) is -3.07. The average molecular weight is 629 g/mol. The average Bonchev–Trinajstić information content (AvgIpc) is 3.40. The van der Waals surface area contributed by atoms with Crippen LogP contribution in [-0.2, 0) is 27.8 Å². The van der Waals surface area contributed by atoms with Crippen LogP contribution >= 0.6 is 0 Å². The quantitative estimate of drug-likeness (QED) is 0.286. The number of aromatic nitrogens is 1. The Bertz CT molecular complexity index is 1500. The van der Waals surface area contributed by atoms with Crippen molar-refractivity contribution in [3.63, 3.8) is 0 Å². The third-order valence-corrected chi connectivity index (χ3v) is 8.25. The number of hydrogen-bond acceptors (Lipinski definition) is 8. The lowest BCUT2D eigenvalue weighted by Crippen LogP contribution is -2.37. The van der Waals surface area contributed by atoms with Gasteiger partial charge in [0.05, 0.1) is 6.61 Å². The van der Waals surface area contributed by atoms with Gasteiger partial charge in [0.15, 0.2) is 11.7 Å². The molecule has 0 aliphatic carbocycles. The van der Waals surface area contributed by atoms with Gasteiger partial charge in [-0.05, 0) is 81.2 Å². The van der Waals surface area contributed by atoms with Crippen LogP contribution in [0, 0.1) is 5.82 Å². The van der Waals surface area contributed by atoms with E-state index in [9.17, 15) is 30.8 Å². The van der Waals surface area contributed by atoms with Gasteiger partial charge in [0.2, 0.25) is 0 Å². The minimum Gasteiger partial charge on any atom is -0.492 e. The zero-order valence-corrected chi connectivity index (χ0v) is 24.4. The molecule has 0 atom stereocenters. The van der Waals surface area contributed by atoms with E-state index in [0.29, 0.717) is 50.4 Å². The molecule has 4 rings (SSSR count). The van der Waals surface area contributed by atoms with E-state index in [1.807, 2.05) is 4.72 Å². The van der Waals surface area contributed by atoms with E-state index in [0.717, 1.165) is 5.56 Å². The van der Waals surface area contributed by atoms with Gasteiger partial charge in [0.25, 0.3) is 10.0 Å². The van der Waals surface area contributed by atoms with Crippen molar-refractivity contribution in [3.8, 4) is 17.1 Å². The lowest BCUT2D eigenvalue weighted by molar-refractivity contribution is -0.330. The lowest BCUT2D eigenvalue weighted by atomic mass is 9.96. The summed E-state index contributed by atoms with van der Waals surface area (Å²) in [6.45, 7) is 3.03. The maximum absolute atomic E-state index is 13.4. The Kier molecular flexibility index (Phi) is 10.3. The molecule has 3 aromatic rings. The van der Waals surface area contributed by atoms with Gasteiger partial charge < -0.3 is 19.4 Å². The number of likely N-dealkylation sites (tertiary alicyclic amines) is 1. The van der Waals surface area contributed by atoms with Crippen molar-refractivity contribution in [1.29, 1.82) is 0 Å². The fourth-order valence-electron chi connectivity index (χ4n) is 4.73. The molecule has 15 heteroatoms. The zero-order valence-electron chi connectivity index (χ0n) is 23.5. The maximum atomic E-state index is 13.4. The largest absolute Gasteiger partial charge is 0.522 e. The van der Waals surface area contributed by atoms with Crippen LogP contribution in [-0.4, -0.2) is 64.0 Å². The van der Waals surface area contributed by atoms with Crippen LogP contribution < -0.4 is 14.8 Å². The first-order valence-electron chi connectivity index (χ1n) is 13.6. The maximum Gasteiger partial charge on any atom is 0.522 e. The first-order chi connectivity index (χ1) is 20.4. The van der Waals surface area contributed by atoms with Crippen molar-refractivity contribution in [1.82, 2.24) is 19.9 Å². The molecule has 10 nitrogen and oxygen atoms in total. The summed E-state index contributed by atoms with van der Waals surface area (Å²) in [5, 5.41) is 2.21. The number of piperidine rings is 1. The second kappa shape index (κ2) is 13.7. The number of rotatable bonds is 11. The number of benzene rings is 2. The van der Waals surface area contributed by atoms with Crippen LogP contribution in [0.1, 0.15) is 42.8 Å². The minimum atomic E-state index is -4.85. The molecule has 1 aliphatic rings. The number of alkyl halides is 3. The van der Waals surface area contributed by atoms with Crippen LogP contribution in [0.15, 0.2) is 51.8 Å². The van der Waals surface area contributed by atoms with Gasteiger partial charge in [0, 0.05) is 25.1 Å². The third kappa shape index (κ3) is 8.67. The summed E-state index contributed by atoms with van der Waals surface area (Å²) >= 11 is 0. The van der Waals surface area contributed by atoms with Crippen molar-refractivity contribution in [2.24, 2.45) is 0 Å². The third-order valence-electron chi connectivity index (χ3n) is 6.90. The second-order valence-electron chi connectivity index (χ2n) is 9.83.